The summed E-state index contributed by atoms with van der Waals surface area (Å²) in [7, 11) is 0. The van der Waals surface area contributed by atoms with E-state index in [4.69, 9.17) is 0 Å². The van der Waals surface area contributed by atoms with E-state index in [1.165, 1.54) is 4.90 Å². The number of rotatable bonds is 2. The van der Waals surface area contributed by atoms with Crippen molar-refractivity contribution in [2.75, 3.05) is 6.54 Å². The highest BCUT2D eigenvalue weighted by Gasteiger charge is 2.31. The van der Waals surface area contributed by atoms with E-state index in [1.807, 2.05) is 17.8 Å². The molecule has 1 heterocycles. The molecule has 1 aliphatic rings. The summed E-state index contributed by atoms with van der Waals surface area (Å²) in [5.41, 5.74) is 1.12. The fourth-order valence-electron chi connectivity index (χ4n) is 2.25. The molecule has 1 aromatic rings. The van der Waals surface area contributed by atoms with Crippen molar-refractivity contribution in [1.29, 1.82) is 0 Å². The maximum Gasteiger partial charge on any atom is 0.123 e. The van der Waals surface area contributed by atoms with Gasteiger partial charge in [0.15, 0.2) is 0 Å². The van der Waals surface area contributed by atoms with Crippen LogP contribution < -0.4 is 5.32 Å². The van der Waals surface area contributed by atoms with Gasteiger partial charge in [0.1, 0.15) is 5.82 Å². The molecule has 3 atom stereocenters. The summed E-state index contributed by atoms with van der Waals surface area (Å²) in [6, 6.07) is 5.42. The SMILES string of the molecule is CCNC1c2cc(F)ccc2SC(C)C1C. The van der Waals surface area contributed by atoms with Crippen LogP contribution in [0.4, 0.5) is 4.39 Å². The lowest BCUT2D eigenvalue weighted by Crippen LogP contribution is -2.34. The normalized spacial score (nSPS) is 28.9. The first-order chi connectivity index (χ1) is 7.63. The third-order valence-electron chi connectivity index (χ3n) is 3.31. The predicted octanol–water partition coefficient (Wildman–Crippen LogP) is 3.61. The van der Waals surface area contributed by atoms with Crippen molar-refractivity contribution in [3.63, 3.8) is 0 Å². The zero-order valence-electron chi connectivity index (χ0n) is 9.96. The largest absolute Gasteiger partial charge is 0.310 e. The molecule has 1 aliphatic heterocycles. The zero-order valence-corrected chi connectivity index (χ0v) is 10.8. The van der Waals surface area contributed by atoms with Gasteiger partial charge in [0, 0.05) is 16.2 Å². The Balaban J connectivity index is 2.40. The molecule has 88 valence electrons. The second-order valence-electron chi connectivity index (χ2n) is 4.40. The summed E-state index contributed by atoms with van der Waals surface area (Å²) in [6.45, 7) is 7.49. The van der Waals surface area contributed by atoms with Crippen molar-refractivity contribution in [3.8, 4) is 0 Å². The molecule has 1 nitrogen and oxygen atoms in total. The minimum atomic E-state index is -0.135. The molecular weight excluding hydrogens is 221 g/mol. The van der Waals surface area contributed by atoms with Gasteiger partial charge < -0.3 is 5.32 Å². The summed E-state index contributed by atoms with van der Waals surface area (Å²) in [5, 5.41) is 4.04. The van der Waals surface area contributed by atoms with Gasteiger partial charge >= 0.3 is 0 Å². The first kappa shape index (κ1) is 11.9. The summed E-state index contributed by atoms with van der Waals surface area (Å²) in [5.74, 6) is 0.392. The summed E-state index contributed by atoms with van der Waals surface area (Å²) in [6.07, 6.45) is 0. The highest BCUT2D eigenvalue weighted by molar-refractivity contribution is 8.00. The number of halogens is 1. The topological polar surface area (TPSA) is 12.0 Å². The fourth-order valence-corrected chi connectivity index (χ4v) is 3.49. The molecule has 1 N–H and O–H groups in total. The van der Waals surface area contributed by atoms with Crippen LogP contribution in [-0.4, -0.2) is 11.8 Å². The molecule has 0 spiro atoms. The molecule has 0 aliphatic carbocycles. The average molecular weight is 239 g/mol. The molecule has 3 unspecified atom stereocenters. The number of hydrogen-bond acceptors (Lipinski definition) is 2. The Hall–Kier alpha value is -0.540. The van der Waals surface area contributed by atoms with E-state index in [9.17, 15) is 4.39 Å². The van der Waals surface area contributed by atoms with Gasteiger partial charge in [0.25, 0.3) is 0 Å². The second kappa shape index (κ2) is 4.76. The lowest BCUT2D eigenvalue weighted by atomic mass is 9.91. The highest BCUT2D eigenvalue weighted by atomic mass is 32.2. The third kappa shape index (κ3) is 2.11. The van der Waals surface area contributed by atoms with Gasteiger partial charge in [0.2, 0.25) is 0 Å². The maximum absolute atomic E-state index is 13.3. The minimum absolute atomic E-state index is 0.135. The van der Waals surface area contributed by atoms with Crippen molar-refractivity contribution in [2.24, 2.45) is 5.92 Å². The van der Waals surface area contributed by atoms with Crippen molar-refractivity contribution in [2.45, 2.75) is 37.0 Å². The minimum Gasteiger partial charge on any atom is -0.310 e. The summed E-state index contributed by atoms with van der Waals surface area (Å²) >= 11 is 1.85. The van der Waals surface area contributed by atoms with E-state index in [2.05, 4.69) is 26.1 Å². The molecule has 16 heavy (non-hydrogen) atoms. The fraction of sp³-hybridized carbons (Fsp3) is 0.538. The molecule has 0 amide bonds. The Morgan fingerprint density at radius 2 is 2.12 bits per heavy atom. The Morgan fingerprint density at radius 3 is 2.81 bits per heavy atom. The highest BCUT2D eigenvalue weighted by Crippen LogP contribution is 2.44. The number of benzene rings is 1. The van der Waals surface area contributed by atoms with E-state index < -0.39 is 0 Å². The van der Waals surface area contributed by atoms with Crippen molar-refractivity contribution < 1.29 is 4.39 Å². The average Bonchev–Trinajstić information content (AvgIpc) is 2.26. The number of hydrogen-bond donors (Lipinski definition) is 1. The second-order valence-corrected chi connectivity index (χ2v) is 5.82. The van der Waals surface area contributed by atoms with Crippen LogP contribution in [-0.2, 0) is 0 Å². The van der Waals surface area contributed by atoms with Crippen LogP contribution in [0, 0.1) is 11.7 Å². The van der Waals surface area contributed by atoms with Crippen LogP contribution >= 0.6 is 11.8 Å². The summed E-state index contributed by atoms with van der Waals surface area (Å²) in [4.78, 5) is 1.22. The molecule has 0 radical (unpaired) electrons. The molecule has 0 bridgehead atoms. The van der Waals surface area contributed by atoms with Crippen molar-refractivity contribution >= 4 is 11.8 Å². The van der Waals surface area contributed by atoms with Gasteiger partial charge in [-0.25, -0.2) is 4.39 Å². The van der Waals surface area contributed by atoms with Crippen molar-refractivity contribution in [1.82, 2.24) is 5.32 Å². The van der Waals surface area contributed by atoms with Gasteiger partial charge in [-0.05, 0) is 36.2 Å². The molecular formula is C13H18FNS. The number of fused-ring (bicyclic) bond motifs is 1. The Morgan fingerprint density at radius 1 is 1.38 bits per heavy atom. The Labute approximate surface area is 101 Å². The van der Waals surface area contributed by atoms with Crippen LogP contribution in [0.15, 0.2) is 23.1 Å². The number of nitrogens with one attached hydrogen (secondary N) is 1. The Kier molecular flexibility index (Phi) is 3.55. The van der Waals surface area contributed by atoms with Crippen LogP contribution in [0.2, 0.25) is 0 Å². The molecule has 0 saturated carbocycles. The Bertz CT molecular complexity index is 380. The van der Waals surface area contributed by atoms with Gasteiger partial charge in [-0.3, -0.25) is 0 Å². The molecule has 3 heteroatoms. The predicted molar refractivity (Wildman–Crippen MR) is 67.3 cm³/mol. The van der Waals surface area contributed by atoms with E-state index in [1.54, 1.807) is 12.1 Å². The lowest BCUT2D eigenvalue weighted by Gasteiger charge is -2.36. The lowest BCUT2D eigenvalue weighted by molar-refractivity contribution is 0.378. The van der Waals surface area contributed by atoms with E-state index >= 15 is 0 Å². The smallest absolute Gasteiger partial charge is 0.123 e. The van der Waals surface area contributed by atoms with Crippen LogP contribution in [0.5, 0.6) is 0 Å². The maximum atomic E-state index is 13.3. The van der Waals surface area contributed by atoms with Gasteiger partial charge in [-0.2, -0.15) is 0 Å². The standard InChI is InChI=1S/C13H18FNS/c1-4-15-13-8(2)9(3)16-12-6-5-10(14)7-11(12)13/h5-9,13,15H,4H2,1-3H3. The van der Waals surface area contributed by atoms with Crippen LogP contribution in [0.3, 0.4) is 0 Å². The van der Waals surface area contributed by atoms with Gasteiger partial charge in [-0.15, -0.1) is 11.8 Å². The first-order valence-corrected chi connectivity index (χ1v) is 6.71. The number of thioether (sulfide) groups is 1. The quantitative estimate of drug-likeness (QED) is 0.846. The third-order valence-corrected chi connectivity index (χ3v) is 4.74. The van der Waals surface area contributed by atoms with E-state index in [-0.39, 0.29) is 11.9 Å². The van der Waals surface area contributed by atoms with Crippen LogP contribution in [0.1, 0.15) is 32.4 Å². The van der Waals surface area contributed by atoms with Crippen molar-refractivity contribution in [3.05, 3.63) is 29.6 Å². The molecule has 1 aromatic carbocycles. The summed E-state index contributed by atoms with van der Waals surface area (Å²) < 4.78 is 13.3. The van der Waals surface area contributed by atoms with Gasteiger partial charge in [-0.1, -0.05) is 20.8 Å². The first-order valence-electron chi connectivity index (χ1n) is 5.83. The monoisotopic (exact) mass is 239 g/mol. The molecule has 0 fully saturated rings. The molecule has 2 rings (SSSR count). The van der Waals surface area contributed by atoms with Gasteiger partial charge in [0.05, 0.1) is 0 Å². The van der Waals surface area contributed by atoms with E-state index in [0.29, 0.717) is 11.2 Å². The van der Waals surface area contributed by atoms with Crippen LogP contribution in [0.25, 0.3) is 0 Å². The zero-order chi connectivity index (χ0) is 11.7. The molecule has 0 aromatic heterocycles. The molecule has 0 saturated heterocycles. The van der Waals surface area contributed by atoms with E-state index in [0.717, 1.165) is 12.1 Å².